The Morgan fingerprint density at radius 1 is 0.943 bits per heavy atom. The molecule has 0 aliphatic heterocycles. The highest BCUT2D eigenvalue weighted by Crippen LogP contribution is 2.36. The van der Waals surface area contributed by atoms with Gasteiger partial charge in [0, 0.05) is 16.5 Å². The van der Waals surface area contributed by atoms with Crippen molar-refractivity contribution in [1.82, 2.24) is 5.32 Å². The summed E-state index contributed by atoms with van der Waals surface area (Å²) in [6.07, 6.45) is -1.09. The summed E-state index contributed by atoms with van der Waals surface area (Å²) in [7, 11) is 0. The maximum atomic E-state index is 13.5. The van der Waals surface area contributed by atoms with Crippen LogP contribution in [0.5, 0.6) is 0 Å². The first-order valence-corrected chi connectivity index (χ1v) is 12.8. The molecule has 178 valence electrons. The summed E-state index contributed by atoms with van der Waals surface area (Å²) in [6.45, 7) is 3.89. The van der Waals surface area contributed by atoms with E-state index in [9.17, 15) is 14.4 Å². The van der Waals surface area contributed by atoms with Crippen molar-refractivity contribution in [3.05, 3.63) is 99.1 Å². The lowest BCUT2D eigenvalue weighted by molar-refractivity contribution is 0.0528. The van der Waals surface area contributed by atoms with Crippen LogP contribution in [0.4, 0.5) is 5.00 Å². The molecule has 35 heavy (non-hydrogen) atoms. The summed E-state index contributed by atoms with van der Waals surface area (Å²) in [5.74, 6) is -1.20. The first kappa shape index (κ1) is 24.4. The maximum absolute atomic E-state index is 13.5. The van der Waals surface area contributed by atoms with Gasteiger partial charge in [0.15, 0.2) is 6.17 Å². The number of hydrogen-bond donors (Lipinski definition) is 2. The van der Waals surface area contributed by atoms with Crippen molar-refractivity contribution in [3.8, 4) is 11.1 Å². The number of nitrogens with one attached hydrogen (secondary N) is 2. The number of anilines is 1. The summed E-state index contributed by atoms with van der Waals surface area (Å²) in [6, 6.07) is 20.1. The van der Waals surface area contributed by atoms with E-state index in [4.69, 9.17) is 4.74 Å². The fourth-order valence-corrected chi connectivity index (χ4v) is 5.11. The number of esters is 1. The third kappa shape index (κ3) is 5.67. The summed E-state index contributed by atoms with van der Waals surface area (Å²) < 4.78 is 5.33. The molecule has 0 radical (unpaired) electrons. The molecule has 2 aromatic carbocycles. The summed E-state index contributed by atoms with van der Waals surface area (Å²) in [4.78, 5) is 39.8. The molecule has 8 heteroatoms. The zero-order valence-electron chi connectivity index (χ0n) is 19.2. The molecule has 0 fully saturated rings. The minimum absolute atomic E-state index is 0.211. The van der Waals surface area contributed by atoms with Crippen LogP contribution in [0.1, 0.15) is 42.9 Å². The average molecular weight is 505 g/mol. The topological polar surface area (TPSA) is 84.5 Å². The number of thiophene rings is 2. The molecule has 6 nitrogen and oxygen atoms in total. The lowest BCUT2D eigenvalue weighted by atomic mass is 10.0. The number of rotatable bonds is 9. The van der Waals surface area contributed by atoms with E-state index in [1.807, 2.05) is 54.8 Å². The Bertz CT molecular complexity index is 1310. The van der Waals surface area contributed by atoms with Crippen molar-refractivity contribution < 1.29 is 19.1 Å². The number of aryl methyl sites for hydroxylation is 1. The van der Waals surface area contributed by atoms with Gasteiger partial charge in [0.1, 0.15) is 10.6 Å². The highest BCUT2D eigenvalue weighted by molar-refractivity contribution is 7.15. The number of carbonyl (C=O) groups excluding carboxylic acids is 3. The van der Waals surface area contributed by atoms with E-state index in [0.717, 1.165) is 11.1 Å². The number of ether oxygens (including phenoxy) is 1. The van der Waals surface area contributed by atoms with Gasteiger partial charge in [-0.15, -0.1) is 22.7 Å². The predicted molar refractivity (Wildman–Crippen MR) is 140 cm³/mol. The van der Waals surface area contributed by atoms with E-state index >= 15 is 0 Å². The monoisotopic (exact) mass is 504 g/mol. The Morgan fingerprint density at radius 2 is 1.69 bits per heavy atom. The summed E-state index contributed by atoms with van der Waals surface area (Å²) in [5, 5.41) is 10.0. The minimum Gasteiger partial charge on any atom is -0.462 e. The first-order chi connectivity index (χ1) is 17.0. The van der Waals surface area contributed by atoms with E-state index in [2.05, 4.69) is 10.6 Å². The lowest BCUT2D eigenvalue weighted by Gasteiger charge is -2.20. The van der Waals surface area contributed by atoms with E-state index in [0.29, 0.717) is 26.6 Å². The second-order valence-corrected chi connectivity index (χ2v) is 9.53. The molecule has 2 heterocycles. The number of hydrogen-bond acceptors (Lipinski definition) is 7. The lowest BCUT2D eigenvalue weighted by Crippen LogP contribution is -2.46. The number of ketones is 1. The molecule has 2 N–H and O–H groups in total. The molecule has 1 atom stereocenters. The van der Waals surface area contributed by atoms with Crippen LogP contribution in [-0.2, 0) is 4.74 Å². The third-order valence-corrected chi connectivity index (χ3v) is 7.03. The molecular formula is C27H24N2O4S2. The predicted octanol–water partition coefficient (Wildman–Crippen LogP) is 6.01. The Morgan fingerprint density at radius 3 is 2.34 bits per heavy atom. The second-order valence-electron chi connectivity index (χ2n) is 7.70. The van der Waals surface area contributed by atoms with E-state index in [1.165, 1.54) is 22.7 Å². The van der Waals surface area contributed by atoms with Gasteiger partial charge in [-0.1, -0.05) is 66.2 Å². The highest BCUT2D eigenvalue weighted by Gasteiger charge is 2.28. The number of benzene rings is 2. The number of amides is 1. The normalized spacial score (nSPS) is 11.5. The van der Waals surface area contributed by atoms with Gasteiger partial charge in [-0.05, 0) is 30.9 Å². The standard InChI is InChI=1S/C27H24N2O4S2/c1-3-33-27(32)22-20(18-8-5-4-6-9-18)16-35-26(22)29-24(28-25(31)21-10-7-15-34-21)23(30)19-13-11-17(2)12-14-19/h4-16,24,29H,3H2,1-2H3,(H,28,31)/t24-/m1/s1. The number of carbonyl (C=O) groups is 3. The van der Waals surface area contributed by atoms with Gasteiger partial charge in [0.05, 0.1) is 11.5 Å². The van der Waals surface area contributed by atoms with Crippen LogP contribution in [0.25, 0.3) is 11.1 Å². The molecule has 0 spiro atoms. The molecule has 0 saturated heterocycles. The minimum atomic E-state index is -1.09. The van der Waals surface area contributed by atoms with Gasteiger partial charge < -0.3 is 15.4 Å². The molecule has 1 amide bonds. The van der Waals surface area contributed by atoms with E-state index in [-0.39, 0.29) is 18.3 Å². The van der Waals surface area contributed by atoms with Crippen molar-refractivity contribution >= 4 is 45.3 Å². The molecule has 0 unspecified atom stereocenters. The van der Waals surface area contributed by atoms with Gasteiger partial charge in [-0.3, -0.25) is 9.59 Å². The van der Waals surface area contributed by atoms with Crippen LogP contribution >= 0.6 is 22.7 Å². The molecule has 0 saturated carbocycles. The van der Waals surface area contributed by atoms with E-state index < -0.39 is 12.1 Å². The van der Waals surface area contributed by atoms with E-state index in [1.54, 1.807) is 36.6 Å². The van der Waals surface area contributed by atoms with Crippen LogP contribution < -0.4 is 10.6 Å². The van der Waals surface area contributed by atoms with Crippen molar-refractivity contribution in [3.63, 3.8) is 0 Å². The van der Waals surface area contributed by atoms with Crippen LogP contribution in [-0.4, -0.2) is 30.4 Å². The van der Waals surface area contributed by atoms with Gasteiger partial charge >= 0.3 is 5.97 Å². The highest BCUT2D eigenvalue weighted by atomic mass is 32.1. The molecule has 0 aliphatic carbocycles. The van der Waals surface area contributed by atoms with Crippen LogP contribution in [0.15, 0.2) is 77.5 Å². The molecule has 2 aromatic heterocycles. The van der Waals surface area contributed by atoms with Gasteiger partial charge in [-0.2, -0.15) is 0 Å². The third-order valence-electron chi connectivity index (χ3n) is 5.25. The molecular weight excluding hydrogens is 480 g/mol. The van der Waals surface area contributed by atoms with Crippen LogP contribution in [0.2, 0.25) is 0 Å². The Kier molecular flexibility index (Phi) is 7.74. The molecule has 4 aromatic rings. The Labute approximate surface area is 211 Å². The Balaban J connectivity index is 1.72. The summed E-state index contributed by atoms with van der Waals surface area (Å²) >= 11 is 2.56. The fraction of sp³-hybridized carbons (Fsp3) is 0.148. The molecule has 0 aliphatic rings. The Hall–Kier alpha value is -3.75. The van der Waals surface area contributed by atoms with Gasteiger partial charge in [-0.25, -0.2) is 4.79 Å². The smallest absolute Gasteiger partial charge is 0.341 e. The number of Topliss-reactive ketones (excluding diaryl/α,β-unsaturated/α-hetero) is 1. The quantitative estimate of drug-likeness (QED) is 0.166. The fourth-order valence-electron chi connectivity index (χ4n) is 3.49. The average Bonchev–Trinajstić information content (AvgIpc) is 3.55. The van der Waals surface area contributed by atoms with Crippen molar-refractivity contribution in [2.24, 2.45) is 0 Å². The largest absolute Gasteiger partial charge is 0.462 e. The zero-order chi connectivity index (χ0) is 24.8. The molecule has 4 rings (SSSR count). The zero-order valence-corrected chi connectivity index (χ0v) is 20.9. The van der Waals surface area contributed by atoms with Gasteiger partial charge in [0.25, 0.3) is 5.91 Å². The SMILES string of the molecule is CCOC(=O)c1c(-c2ccccc2)csc1N[C@@H](NC(=O)c1cccs1)C(=O)c1ccc(C)cc1. The van der Waals surface area contributed by atoms with Gasteiger partial charge in [0.2, 0.25) is 5.78 Å². The van der Waals surface area contributed by atoms with Crippen LogP contribution in [0.3, 0.4) is 0 Å². The van der Waals surface area contributed by atoms with Crippen molar-refractivity contribution in [2.75, 3.05) is 11.9 Å². The second kappa shape index (κ2) is 11.1. The maximum Gasteiger partial charge on any atom is 0.341 e. The van der Waals surface area contributed by atoms with Crippen LogP contribution in [0, 0.1) is 6.92 Å². The first-order valence-electron chi connectivity index (χ1n) is 11.0. The van der Waals surface area contributed by atoms with Crippen molar-refractivity contribution in [1.29, 1.82) is 0 Å². The summed E-state index contributed by atoms with van der Waals surface area (Å²) in [5.41, 5.74) is 3.34. The van der Waals surface area contributed by atoms with Crippen molar-refractivity contribution in [2.45, 2.75) is 20.0 Å². The molecule has 0 bridgehead atoms.